The SMILES string of the molecule is COc1ccc(O)c(C(C)NCCC(F)(F)F)c1. The summed E-state index contributed by atoms with van der Waals surface area (Å²) >= 11 is 0. The van der Waals surface area contributed by atoms with Crippen molar-refractivity contribution in [2.24, 2.45) is 0 Å². The molecule has 3 nitrogen and oxygen atoms in total. The molecule has 2 N–H and O–H groups in total. The molecule has 0 saturated heterocycles. The lowest BCUT2D eigenvalue weighted by molar-refractivity contribution is -0.133. The molecule has 0 aliphatic carbocycles. The van der Waals surface area contributed by atoms with Gasteiger partial charge in [-0.25, -0.2) is 0 Å². The summed E-state index contributed by atoms with van der Waals surface area (Å²) in [6.45, 7) is 1.49. The van der Waals surface area contributed by atoms with E-state index in [1.807, 2.05) is 0 Å². The smallest absolute Gasteiger partial charge is 0.390 e. The first-order valence-corrected chi connectivity index (χ1v) is 5.50. The normalized spacial score (nSPS) is 13.4. The van der Waals surface area contributed by atoms with Crippen molar-refractivity contribution in [1.82, 2.24) is 5.32 Å². The molecule has 1 atom stereocenters. The van der Waals surface area contributed by atoms with E-state index in [-0.39, 0.29) is 18.3 Å². The topological polar surface area (TPSA) is 41.5 Å². The van der Waals surface area contributed by atoms with Gasteiger partial charge in [0.2, 0.25) is 0 Å². The molecule has 0 aliphatic rings. The molecule has 1 aromatic rings. The van der Waals surface area contributed by atoms with Crippen LogP contribution in [-0.4, -0.2) is 24.9 Å². The minimum Gasteiger partial charge on any atom is -0.508 e. The molecule has 102 valence electrons. The number of nitrogens with one attached hydrogen (secondary N) is 1. The number of phenolic OH excluding ortho intramolecular Hbond substituents is 1. The Labute approximate surface area is 104 Å². The number of hydrogen-bond acceptors (Lipinski definition) is 3. The number of rotatable bonds is 5. The van der Waals surface area contributed by atoms with E-state index < -0.39 is 12.6 Å². The van der Waals surface area contributed by atoms with Crippen molar-refractivity contribution in [3.8, 4) is 11.5 Å². The molecule has 0 heterocycles. The summed E-state index contributed by atoms with van der Waals surface area (Å²) in [5.41, 5.74) is 0.511. The van der Waals surface area contributed by atoms with Gasteiger partial charge in [0.05, 0.1) is 13.5 Å². The third-order valence-corrected chi connectivity index (χ3v) is 2.56. The minimum absolute atomic E-state index is 0.0304. The molecule has 0 amide bonds. The van der Waals surface area contributed by atoms with Gasteiger partial charge in [-0.05, 0) is 25.1 Å². The van der Waals surface area contributed by atoms with Crippen LogP contribution in [0.25, 0.3) is 0 Å². The molecule has 1 rings (SSSR count). The van der Waals surface area contributed by atoms with Crippen LogP contribution in [0.3, 0.4) is 0 Å². The van der Waals surface area contributed by atoms with Crippen molar-refractivity contribution < 1.29 is 23.0 Å². The fourth-order valence-electron chi connectivity index (χ4n) is 1.55. The van der Waals surface area contributed by atoms with Crippen LogP contribution < -0.4 is 10.1 Å². The first-order chi connectivity index (χ1) is 8.33. The second kappa shape index (κ2) is 5.95. The summed E-state index contributed by atoms with van der Waals surface area (Å²) < 4.78 is 41.0. The third kappa shape index (κ3) is 4.44. The van der Waals surface area contributed by atoms with Gasteiger partial charge in [0.1, 0.15) is 11.5 Å². The highest BCUT2D eigenvalue weighted by atomic mass is 19.4. The standard InChI is InChI=1S/C12H16F3NO2/c1-8(16-6-5-12(13,14)15)10-7-9(18-2)3-4-11(10)17/h3-4,7-8,16-17H,5-6H2,1-2H3. The summed E-state index contributed by atoms with van der Waals surface area (Å²) in [5, 5.41) is 12.4. The highest BCUT2D eigenvalue weighted by molar-refractivity contribution is 5.41. The summed E-state index contributed by atoms with van der Waals surface area (Å²) in [6.07, 6.45) is -5.08. The quantitative estimate of drug-likeness (QED) is 0.858. The molecule has 1 unspecified atom stereocenters. The number of alkyl halides is 3. The Kier molecular flexibility index (Phi) is 4.84. The van der Waals surface area contributed by atoms with E-state index in [1.165, 1.54) is 13.2 Å². The lowest BCUT2D eigenvalue weighted by Gasteiger charge is -2.17. The van der Waals surface area contributed by atoms with E-state index in [2.05, 4.69) is 5.32 Å². The Morgan fingerprint density at radius 2 is 2.06 bits per heavy atom. The van der Waals surface area contributed by atoms with E-state index in [0.717, 1.165) is 0 Å². The summed E-state index contributed by atoms with van der Waals surface area (Å²) in [4.78, 5) is 0. The van der Waals surface area contributed by atoms with Crippen LogP contribution in [0.2, 0.25) is 0 Å². The summed E-state index contributed by atoms with van der Waals surface area (Å²) in [7, 11) is 1.48. The number of phenols is 1. The second-order valence-corrected chi connectivity index (χ2v) is 3.97. The molecule has 18 heavy (non-hydrogen) atoms. The maximum Gasteiger partial charge on any atom is 0.390 e. The van der Waals surface area contributed by atoms with Crippen LogP contribution in [0.5, 0.6) is 11.5 Å². The lowest BCUT2D eigenvalue weighted by Crippen LogP contribution is -2.24. The van der Waals surface area contributed by atoms with E-state index in [9.17, 15) is 18.3 Å². The second-order valence-electron chi connectivity index (χ2n) is 3.97. The van der Waals surface area contributed by atoms with Gasteiger partial charge in [-0.15, -0.1) is 0 Å². The predicted octanol–water partition coefficient (Wildman–Crippen LogP) is 3.00. The van der Waals surface area contributed by atoms with Crippen LogP contribution in [0.15, 0.2) is 18.2 Å². The van der Waals surface area contributed by atoms with Crippen molar-refractivity contribution in [2.45, 2.75) is 25.6 Å². The Bertz CT molecular complexity index is 393. The van der Waals surface area contributed by atoms with Crippen LogP contribution in [0.1, 0.15) is 24.9 Å². The van der Waals surface area contributed by atoms with E-state index in [0.29, 0.717) is 11.3 Å². The first kappa shape index (κ1) is 14.6. The number of hydrogen-bond donors (Lipinski definition) is 2. The van der Waals surface area contributed by atoms with Gasteiger partial charge in [0.25, 0.3) is 0 Å². The molecule has 1 aromatic carbocycles. The Morgan fingerprint density at radius 3 is 2.61 bits per heavy atom. The fraction of sp³-hybridized carbons (Fsp3) is 0.500. The maximum absolute atomic E-state index is 12.0. The van der Waals surface area contributed by atoms with Crippen molar-refractivity contribution >= 4 is 0 Å². The molecular weight excluding hydrogens is 247 g/mol. The van der Waals surface area contributed by atoms with Crippen LogP contribution in [-0.2, 0) is 0 Å². The number of aromatic hydroxyl groups is 1. The van der Waals surface area contributed by atoms with Gasteiger partial charge < -0.3 is 15.2 Å². The predicted molar refractivity (Wildman–Crippen MR) is 61.7 cm³/mol. The number of methoxy groups -OCH3 is 1. The van der Waals surface area contributed by atoms with Gasteiger partial charge in [0, 0.05) is 18.2 Å². The molecule has 0 spiro atoms. The minimum atomic E-state index is -4.18. The van der Waals surface area contributed by atoms with Crippen LogP contribution in [0.4, 0.5) is 13.2 Å². The average molecular weight is 263 g/mol. The fourth-order valence-corrected chi connectivity index (χ4v) is 1.55. The van der Waals surface area contributed by atoms with E-state index in [1.54, 1.807) is 19.1 Å². The molecule has 0 aromatic heterocycles. The highest BCUT2D eigenvalue weighted by Gasteiger charge is 2.26. The van der Waals surface area contributed by atoms with Gasteiger partial charge >= 0.3 is 6.18 Å². The van der Waals surface area contributed by atoms with Gasteiger partial charge in [-0.1, -0.05) is 0 Å². The third-order valence-electron chi connectivity index (χ3n) is 2.56. The Morgan fingerprint density at radius 1 is 1.39 bits per heavy atom. The zero-order chi connectivity index (χ0) is 13.8. The summed E-state index contributed by atoms with van der Waals surface area (Å²) in [6, 6.07) is 4.25. The van der Waals surface area contributed by atoms with Gasteiger partial charge in [0.15, 0.2) is 0 Å². The molecule has 0 radical (unpaired) electrons. The molecule has 0 aliphatic heterocycles. The molecule has 6 heteroatoms. The monoisotopic (exact) mass is 263 g/mol. The van der Waals surface area contributed by atoms with Crippen molar-refractivity contribution in [1.29, 1.82) is 0 Å². The zero-order valence-electron chi connectivity index (χ0n) is 10.2. The highest BCUT2D eigenvalue weighted by Crippen LogP contribution is 2.28. The maximum atomic E-state index is 12.0. The molecular formula is C12H16F3NO2. The number of ether oxygens (including phenoxy) is 1. The van der Waals surface area contributed by atoms with Crippen molar-refractivity contribution in [3.05, 3.63) is 23.8 Å². The molecule has 0 fully saturated rings. The van der Waals surface area contributed by atoms with E-state index >= 15 is 0 Å². The lowest BCUT2D eigenvalue weighted by atomic mass is 10.1. The zero-order valence-corrected chi connectivity index (χ0v) is 10.2. The van der Waals surface area contributed by atoms with E-state index in [4.69, 9.17) is 4.74 Å². The summed E-state index contributed by atoms with van der Waals surface area (Å²) in [5.74, 6) is 0.579. The molecule has 0 bridgehead atoms. The number of halogens is 3. The Balaban J connectivity index is 2.63. The van der Waals surface area contributed by atoms with Gasteiger partial charge in [-0.3, -0.25) is 0 Å². The number of benzene rings is 1. The average Bonchev–Trinajstić information content (AvgIpc) is 2.27. The van der Waals surface area contributed by atoms with Crippen molar-refractivity contribution in [2.75, 3.05) is 13.7 Å². The molecule has 0 saturated carbocycles. The largest absolute Gasteiger partial charge is 0.508 e. The van der Waals surface area contributed by atoms with Gasteiger partial charge in [-0.2, -0.15) is 13.2 Å². The van der Waals surface area contributed by atoms with Crippen LogP contribution in [0, 0.1) is 0 Å². The van der Waals surface area contributed by atoms with Crippen LogP contribution >= 0.6 is 0 Å². The first-order valence-electron chi connectivity index (χ1n) is 5.50. The Hall–Kier alpha value is -1.43. The van der Waals surface area contributed by atoms with Crippen molar-refractivity contribution in [3.63, 3.8) is 0 Å².